The summed E-state index contributed by atoms with van der Waals surface area (Å²) in [6.45, 7) is 9.44. The lowest BCUT2D eigenvalue weighted by molar-refractivity contribution is -0.114. The number of rotatable bonds is 6. The van der Waals surface area contributed by atoms with E-state index in [0.717, 1.165) is 39.9 Å². The molecule has 0 radical (unpaired) electrons. The van der Waals surface area contributed by atoms with Crippen LogP contribution in [0.5, 0.6) is 11.6 Å². The van der Waals surface area contributed by atoms with E-state index in [4.69, 9.17) is 14.6 Å². The number of hydrogen-bond donors (Lipinski definition) is 2. The molecule has 1 fully saturated rings. The minimum atomic E-state index is -0.199. The van der Waals surface area contributed by atoms with Gasteiger partial charge in [-0.2, -0.15) is 5.10 Å². The summed E-state index contributed by atoms with van der Waals surface area (Å²) in [7, 11) is 0. The van der Waals surface area contributed by atoms with Gasteiger partial charge in [-0.15, -0.1) is 0 Å². The zero-order valence-corrected chi connectivity index (χ0v) is 20.8. The highest BCUT2D eigenvalue weighted by Crippen LogP contribution is 2.34. The molecule has 35 heavy (non-hydrogen) atoms. The molecule has 11 heteroatoms. The summed E-state index contributed by atoms with van der Waals surface area (Å²) in [5.74, 6) is 1.92. The van der Waals surface area contributed by atoms with Crippen LogP contribution in [0.15, 0.2) is 36.7 Å². The normalized spacial score (nSPS) is 15.9. The van der Waals surface area contributed by atoms with Gasteiger partial charge in [-0.25, -0.2) is 15.0 Å². The van der Waals surface area contributed by atoms with E-state index in [0.29, 0.717) is 24.1 Å². The monoisotopic (exact) mass is 493 g/mol. The number of carbonyl (C=O) groups is 1. The van der Waals surface area contributed by atoms with Gasteiger partial charge >= 0.3 is 0 Å². The summed E-state index contributed by atoms with van der Waals surface area (Å²) >= 11 is 1.50. The molecule has 182 valence electrons. The van der Waals surface area contributed by atoms with Crippen molar-refractivity contribution in [2.75, 3.05) is 23.8 Å². The van der Waals surface area contributed by atoms with Crippen LogP contribution in [0.4, 0.5) is 16.8 Å². The molecule has 4 aromatic rings. The summed E-state index contributed by atoms with van der Waals surface area (Å²) in [5, 5.41) is 11.6. The number of carbonyl (C=O) groups excluding carboxylic acids is 1. The maximum atomic E-state index is 11.3. The Morgan fingerprint density at radius 1 is 1.23 bits per heavy atom. The second kappa shape index (κ2) is 9.23. The highest BCUT2D eigenvalue weighted by Gasteiger charge is 2.28. The van der Waals surface area contributed by atoms with Crippen LogP contribution in [0.3, 0.4) is 0 Å². The van der Waals surface area contributed by atoms with E-state index in [1.807, 2.05) is 6.07 Å². The Morgan fingerprint density at radius 3 is 2.83 bits per heavy atom. The summed E-state index contributed by atoms with van der Waals surface area (Å²) in [6, 6.07) is 7.53. The molecular weight excluding hydrogens is 466 g/mol. The summed E-state index contributed by atoms with van der Waals surface area (Å²) in [5.41, 5.74) is 1.87. The van der Waals surface area contributed by atoms with Crippen LogP contribution >= 0.6 is 11.3 Å². The van der Waals surface area contributed by atoms with Crippen molar-refractivity contribution >= 4 is 44.2 Å². The van der Waals surface area contributed by atoms with Crippen LogP contribution in [0.1, 0.15) is 45.9 Å². The molecule has 5 rings (SSSR count). The molecule has 2 N–H and O–H groups in total. The number of ether oxygens (including phenoxy) is 2. The number of nitrogens with one attached hydrogen (secondary N) is 2. The fourth-order valence-electron chi connectivity index (χ4n) is 3.89. The molecule has 5 heterocycles. The van der Waals surface area contributed by atoms with Crippen molar-refractivity contribution in [3.8, 4) is 11.6 Å². The first kappa shape index (κ1) is 23.2. The Hall–Kier alpha value is -3.57. The number of hydrogen-bond acceptors (Lipinski definition) is 9. The van der Waals surface area contributed by atoms with E-state index in [2.05, 4.69) is 57.1 Å². The minimum Gasteiger partial charge on any atom is -0.439 e. The van der Waals surface area contributed by atoms with Crippen LogP contribution in [-0.4, -0.2) is 43.9 Å². The van der Waals surface area contributed by atoms with Gasteiger partial charge in [0.05, 0.1) is 23.5 Å². The Kier molecular flexibility index (Phi) is 6.12. The first-order valence-corrected chi connectivity index (χ1v) is 12.2. The van der Waals surface area contributed by atoms with Crippen molar-refractivity contribution < 1.29 is 14.3 Å². The smallest absolute Gasteiger partial charge is 0.222 e. The maximum absolute atomic E-state index is 11.3. The zero-order chi connectivity index (χ0) is 24.6. The van der Waals surface area contributed by atoms with E-state index >= 15 is 0 Å². The van der Waals surface area contributed by atoms with Gasteiger partial charge in [0, 0.05) is 49.0 Å². The van der Waals surface area contributed by atoms with Gasteiger partial charge in [0.15, 0.2) is 10.9 Å². The Bertz CT molecular complexity index is 1370. The van der Waals surface area contributed by atoms with Gasteiger partial charge in [-0.1, -0.05) is 32.1 Å². The van der Waals surface area contributed by atoms with Crippen molar-refractivity contribution in [2.45, 2.75) is 45.6 Å². The number of pyridine rings is 2. The lowest BCUT2D eigenvalue weighted by Gasteiger charge is -2.22. The lowest BCUT2D eigenvalue weighted by atomic mass is 9.91. The van der Waals surface area contributed by atoms with Gasteiger partial charge < -0.3 is 20.1 Å². The third-order valence-electron chi connectivity index (χ3n) is 5.50. The Balaban J connectivity index is 1.36. The van der Waals surface area contributed by atoms with Crippen molar-refractivity contribution in [1.29, 1.82) is 0 Å². The van der Waals surface area contributed by atoms with Crippen LogP contribution in [0, 0.1) is 0 Å². The summed E-state index contributed by atoms with van der Waals surface area (Å²) in [4.78, 5) is 24.4. The molecule has 0 bridgehead atoms. The molecule has 10 nitrogen and oxygen atoms in total. The van der Waals surface area contributed by atoms with E-state index in [1.54, 1.807) is 24.5 Å². The minimum absolute atomic E-state index is 0.0496. The molecule has 4 aromatic heterocycles. The standard InChI is InChI=1S/C24H27N7O3S/c1-14(32)27-20-9-16(5-7-25-20)34-22-10-18-17(12-26-22)28-23(35-18)29-21-11-19(24(2,3)4)31(30-21)15-6-8-33-13-15/h5,7,9-12,15H,6,8,13H2,1-4H3,(H,25,27,32)(H,28,29,30)/t15-/m1/s1. The molecule has 1 atom stereocenters. The average Bonchev–Trinajstić information content (AvgIpc) is 3.52. The Morgan fingerprint density at radius 2 is 2.09 bits per heavy atom. The highest BCUT2D eigenvalue weighted by molar-refractivity contribution is 7.22. The topological polar surface area (TPSA) is 116 Å². The quantitative estimate of drug-likeness (QED) is 0.384. The second-order valence-electron chi connectivity index (χ2n) is 9.42. The largest absolute Gasteiger partial charge is 0.439 e. The van der Waals surface area contributed by atoms with E-state index in [1.165, 1.54) is 18.3 Å². The number of nitrogens with zero attached hydrogens (tertiary/aromatic N) is 5. The van der Waals surface area contributed by atoms with E-state index in [-0.39, 0.29) is 17.4 Å². The van der Waals surface area contributed by atoms with Crippen LogP contribution < -0.4 is 15.4 Å². The number of amides is 1. The molecule has 1 aliphatic heterocycles. The second-order valence-corrected chi connectivity index (χ2v) is 10.5. The molecule has 0 unspecified atom stereocenters. The molecule has 0 saturated carbocycles. The SMILES string of the molecule is CC(=O)Nc1cc(Oc2cc3sc(Nc4cc(C(C)(C)C)n([C@@H]5CCOC5)n4)nc3cn2)ccn1. The number of anilines is 3. The number of aromatic nitrogens is 5. The fourth-order valence-corrected chi connectivity index (χ4v) is 4.76. The summed E-state index contributed by atoms with van der Waals surface area (Å²) < 4.78 is 14.5. The van der Waals surface area contributed by atoms with Crippen molar-refractivity contribution in [2.24, 2.45) is 0 Å². The molecule has 1 amide bonds. The number of fused-ring (bicyclic) bond motifs is 1. The first-order chi connectivity index (χ1) is 16.7. The van der Waals surface area contributed by atoms with Gasteiger partial charge in [0.25, 0.3) is 0 Å². The predicted octanol–water partition coefficient (Wildman–Crippen LogP) is 5.04. The summed E-state index contributed by atoms with van der Waals surface area (Å²) in [6.07, 6.45) is 4.21. The third kappa shape index (κ3) is 5.25. The predicted molar refractivity (Wildman–Crippen MR) is 135 cm³/mol. The van der Waals surface area contributed by atoms with Crippen molar-refractivity contribution in [1.82, 2.24) is 24.7 Å². The maximum Gasteiger partial charge on any atom is 0.222 e. The highest BCUT2D eigenvalue weighted by atomic mass is 32.1. The fraction of sp³-hybridized carbons (Fsp3) is 0.375. The lowest BCUT2D eigenvalue weighted by Crippen LogP contribution is -2.22. The number of thiazole rings is 1. The van der Waals surface area contributed by atoms with Gasteiger partial charge in [0.2, 0.25) is 11.8 Å². The first-order valence-electron chi connectivity index (χ1n) is 11.4. The van der Waals surface area contributed by atoms with Crippen LogP contribution in [-0.2, 0) is 14.9 Å². The average molecular weight is 494 g/mol. The van der Waals surface area contributed by atoms with Crippen molar-refractivity contribution in [3.05, 3.63) is 42.4 Å². The van der Waals surface area contributed by atoms with E-state index in [9.17, 15) is 4.79 Å². The molecule has 0 aromatic carbocycles. The third-order valence-corrected chi connectivity index (χ3v) is 6.43. The van der Waals surface area contributed by atoms with Gasteiger partial charge in [-0.05, 0) is 12.5 Å². The molecule has 0 aliphatic carbocycles. The molecule has 1 saturated heterocycles. The molecular formula is C24H27N7O3S. The molecule has 0 spiro atoms. The van der Waals surface area contributed by atoms with Gasteiger partial charge in [-0.3, -0.25) is 9.48 Å². The molecule has 1 aliphatic rings. The van der Waals surface area contributed by atoms with E-state index < -0.39 is 0 Å². The van der Waals surface area contributed by atoms with Crippen molar-refractivity contribution in [3.63, 3.8) is 0 Å². The zero-order valence-electron chi connectivity index (χ0n) is 20.0. The Labute approximate surface area is 206 Å². The van der Waals surface area contributed by atoms with Crippen LogP contribution in [0.2, 0.25) is 0 Å². The van der Waals surface area contributed by atoms with Gasteiger partial charge in [0.1, 0.15) is 17.1 Å². The van der Waals surface area contributed by atoms with Crippen LogP contribution in [0.25, 0.3) is 10.2 Å².